The summed E-state index contributed by atoms with van der Waals surface area (Å²) in [6.45, 7) is 9.53. The van der Waals surface area contributed by atoms with Gasteiger partial charge < -0.3 is 18.8 Å². The number of nitrogens with one attached hydrogen (secondary N) is 1. The number of para-hydroxylation sites is 4. The zero-order valence-corrected chi connectivity index (χ0v) is 19.9. The predicted molar refractivity (Wildman–Crippen MR) is 135 cm³/mol. The van der Waals surface area contributed by atoms with Crippen LogP contribution in [0.4, 0.5) is 12.0 Å². The maximum atomic E-state index is 13.2. The van der Waals surface area contributed by atoms with Crippen molar-refractivity contribution in [3.63, 3.8) is 0 Å². The van der Waals surface area contributed by atoms with Gasteiger partial charge in [0.1, 0.15) is 5.52 Å². The van der Waals surface area contributed by atoms with Crippen LogP contribution in [0.15, 0.2) is 52.9 Å². The number of piperidine rings is 1. The standard InChI is InChI=1S/C26H32N6O2/c1-3-30(4-2)17-18-32-22-11-7-5-9-20(22)27-25(32)29-24(33)19-13-15-31(16-14-19)26-28-21-10-6-8-12-23(21)34-26/h5-12,19H,3-4,13-18H2,1-2H3,(H,27,29,33). The lowest BCUT2D eigenvalue weighted by Crippen LogP contribution is -2.38. The number of aromatic nitrogens is 3. The molecule has 4 aromatic rings. The number of imidazole rings is 1. The van der Waals surface area contributed by atoms with Crippen LogP contribution in [0.25, 0.3) is 22.1 Å². The van der Waals surface area contributed by atoms with Crippen LogP contribution < -0.4 is 10.2 Å². The Hall–Kier alpha value is -3.39. The number of benzene rings is 2. The smallest absolute Gasteiger partial charge is 0.298 e. The van der Waals surface area contributed by atoms with Crippen LogP contribution in [0.3, 0.4) is 0 Å². The number of rotatable bonds is 8. The van der Waals surface area contributed by atoms with Crippen LogP contribution in [0, 0.1) is 5.92 Å². The molecule has 2 aromatic heterocycles. The highest BCUT2D eigenvalue weighted by Crippen LogP contribution is 2.27. The molecule has 0 unspecified atom stereocenters. The molecule has 0 bridgehead atoms. The van der Waals surface area contributed by atoms with E-state index in [2.05, 4.69) is 44.6 Å². The van der Waals surface area contributed by atoms with Crippen LogP contribution in [0.1, 0.15) is 26.7 Å². The maximum Gasteiger partial charge on any atom is 0.298 e. The SMILES string of the molecule is CCN(CC)CCn1c(NC(=O)C2CCN(c3nc4ccccc4o3)CC2)nc2ccccc21. The highest BCUT2D eigenvalue weighted by atomic mass is 16.4. The maximum absolute atomic E-state index is 13.2. The molecule has 5 rings (SSSR count). The topological polar surface area (TPSA) is 79.4 Å². The number of amides is 1. The Morgan fingerprint density at radius 1 is 1.03 bits per heavy atom. The Labute approximate surface area is 199 Å². The molecular weight excluding hydrogens is 428 g/mol. The average Bonchev–Trinajstić information content (AvgIpc) is 3.46. The van der Waals surface area contributed by atoms with Gasteiger partial charge in [-0.3, -0.25) is 10.1 Å². The van der Waals surface area contributed by atoms with Gasteiger partial charge in [-0.15, -0.1) is 0 Å². The second-order valence-corrected chi connectivity index (χ2v) is 8.82. The number of fused-ring (bicyclic) bond motifs is 2. The molecule has 178 valence electrons. The lowest BCUT2D eigenvalue weighted by Gasteiger charge is -2.30. The molecule has 3 heterocycles. The monoisotopic (exact) mass is 460 g/mol. The second-order valence-electron chi connectivity index (χ2n) is 8.82. The molecule has 8 heteroatoms. The molecule has 1 aliphatic heterocycles. The molecular formula is C26H32N6O2. The normalized spacial score (nSPS) is 15.0. The van der Waals surface area contributed by atoms with E-state index >= 15 is 0 Å². The van der Waals surface area contributed by atoms with E-state index in [1.165, 1.54) is 0 Å². The number of anilines is 2. The predicted octanol–water partition coefficient (Wildman–Crippen LogP) is 4.37. The Morgan fingerprint density at radius 2 is 1.74 bits per heavy atom. The van der Waals surface area contributed by atoms with E-state index in [1.807, 2.05) is 42.5 Å². The summed E-state index contributed by atoms with van der Waals surface area (Å²) in [5.74, 6) is 0.619. The molecule has 0 atom stereocenters. The van der Waals surface area contributed by atoms with Crippen molar-refractivity contribution in [2.24, 2.45) is 5.92 Å². The number of carbonyl (C=O) groups is 1. The zero-order valence-electron chi connectivity index (χ0n) is 19.9. The van der Waals surface area contributed by atoms with E-state index in [9.17, 15) is 4.79 Å². The number of likely N-dealkylation sites (N-methyl/N-ethyl adjacent to an activating group) is 1. The highest BCUT2D eigenvalue weighted by molar-refractivity contribution is 5.93. The summed E-state index contributed by atoms with van der Waals surface area (Å²) >= 11 is 0. The minimum atomic E-state index is -0.0586. The molecule has 0 aliphatic carbocycles. The first-order valence-corrected chi connectivity index (χ1v) is 12.2. The Bertz CT molecular complexity index is 1230. The molecule has 8 nitrogen and oxygen atoms in total. The first-order chi connectivity index (χ1) is 16.7. The summed E-state index contributed by atoms with van der Waals surface area (Å²) in [5.41, 5.74) is 3.61. The van der Waals surface area contributed by atoms with Crippen molar-refractivity contribution < 1.29 is 9.21 Å². The summed E-state index contributed by atoms with van der Waals surface area (Å²) < 4.78 is 8.05. The molecule has 1 fully saturated rings. The van der Waals surface area contributed by atoms with E-state index in [-0.39, 0.29) is 11.8 Å². The van der Waals surface area contributed by atoms with Crippen molar-refractivity contribution in [1.82, 2.24) is 19.4 Å². The van der Waals surface area contributed by atoms with Crippen molar-refractivity contribution in [3.8, 4) is 0 Å². The fraction of sp³-hybridized carbons (Fsp3) is 0.423. The molecule has 1 N–H and O–H groups in total. The summed E-state index contributed by atoms with van der Waals surface area (Å²) in [4.78, 5) is 27.0. The van der Waals surface area contributed by atoms with Crippen molar-refractivity contribution in [3.05, 3.63) is 48.5 Å². The summed E-state index contributed by atoms with van der Waals surface area (Å²) in [6, 6.07) is 16.5. The zero-order chi connectivity index (χ0) is 23.5. The Balaban J connectivity index is 1.26. The fourth-order valence-corrected chi connectivity index (χ4v) is 4.72. The van der Waals surface area contributed by atoms with Gasteiger partial charge in [-0.1, -0.05) is 38.1 Å². The van der Waals surface area contributed by atoms with E-state index in [4.69, 9.17) is 9.40 Å². The van der Waals surface area contributed by atoms with Gasteiger partial charge in [0, 0.05) is 32.1 Å². The van der Waals surface area contributed by atoms with Crippen LogP contribution in [0.5, 0.6) is 0 Å². The van der Waals surface area contributed by atoms with Crippen molar-refractivity contribution in [2.75, 3.05) is 42.9 Å². The van der Waals surface area contributed by atoms with Crippen LogP contribution in [0.2, 0.25) is 0 Å². The molecule has 1 amide bonds. The third kappa shape index (κ3) is 4.50. The second kappa shape index (κ2) is 9.85. The highest BCUT2D eigenvalue weighted by Gasteiger charge is 2.28. The van der Waals surface area contributed by atoms with Gasteiger partial charge in [-0.25, -0.2) is 4.98 Å². The number of hydrogen-bond acceptors (Lipinski definition) is 6. The number of oxazole rings is 1. The van der Waals surface area contributed by atoms with Gasteiger partial charge in [0.2, 0.25) is 11.9 Å². The van der Waals surface area contributed by atoms with Gasteiger partial charge in [0.25, 0.3) is 6.01 Å². The van der Waals surface area contributed by atoms with E-state index in [1.54, 1.807) is 0 Å². The van der Waals surface area contributed by atoms with E-state index in [0.717, 1.165) is 74.2 Å². The average molecular weight is 461 g/mol. The van der Waals surface area contributed by atoms with Crippen molar-refractivity contribution >= 4 is 40.0 Å². The first-order valence-electron chi connectivity index (χ1n) is 12.2. The Kier molecular flexibility index (Phi) is 6.49. The minimum Gasteiger partial charge on any atom is -0.423 e. The molecule has 0 saturated carbocycles. The summed E-state index contributed by atoms with van der Waals surface area (Å²) in [5, 5.41) is 3.14. The fourth-order valence-electron chi connectivity index (χ4n) is 4.72. The van der Waals surface area contributed by atoms with E-state index < -0.39 is 0 Å². The number of carbonyl (C=O) groups excluding carboxylic acids is 1. The lowest BCUT2D eigenvalue weighted by molar-refractivity contribution is -0.120. The van der Waals surface area contributed by atoms with Gasteiger partial charge in [0.15, 0.2) is 5.58 Å². The molecule has 1 aliphatic rings. The van der Waals surface area contributed by atoms with Crippen LogP contribution >= 0.6 is 0 Å². The third-order valence-corrected chi connectivity index (χ3v) is 6.84. The van der Waals surface area contributed by atoms with Crippen LogP contribution in [-0.4, -0.2) is 58.1 Å². The lowest BCUT2D eigenvalue weighted by atomic mass is 9.96. The van der Waals surface area contributed by atoms with Gasteiger partial charge in [-0.05, 0) is 50.2 Å². The Morgan fingerprint density at radius 3 is 2.47 bits per heavy atom. The van der Waals surface area contributed by atoms with Crippen molar-refractivity contribution in [2.45, 2.75) is 33.2 Å². The van der Waals surface area contributed by atoms with Crippen LogP contribution in [-0.2, 0) is 11.3 Å². The van der Waals surface area contributed by atoms with Crippen molar-refractivity contribution in [1.29, 1.82) is 0 Å². The molecule has 0 spiro atoms. The van der Waals surface area contributed by atoms with Gasteiger partial charge >= 0.3 is 0 Å². The molecule has 2 aromatic carbocycles. The summed E-state index contributed by atoms with van der Waals surface area (Å²) in [7, 11) is 0. The molecule has 34 heavy (non-hydrogen) atoms. The number of nitrogens with zero attached hydrogens (tertiary/aromatic N) is 5. The minimum absolute atomic E-state index is 0.0385. The molecule has 0 radical (unpaired) electrons. The summed E-state index contributed by atoms with van der Waals surface area (Å²) in [6.07, 6.45) is 1.51. The third-order valence-electron chi connectivity index (χ3n) is 6.84. The van der Waals surface area contributed by atoms with Gasteiger partial charge in [-0.2, -0.15) is 4.98 Å². The largest absolute Gasteiger partial charge is 0.423 e. The first kappa shape index (κ1) is 22.4. The quantitative estimate of drug-likeness (QED) is 0.421. The number of hydrogen-bond donors (Lipinski definition) is 1. The van der Waals surface area contributed by atoms with E-state index in [0.29, 0.717) is 12.0 Å². The molecule has 1 saturated heterocycles. The van der Waals surface area contributed by atoms with Gasteiger partial charge in [0.05, 0.1) is 11.0 Å².